The molecule has 0 bridgehead atoms. The Balaban J connectivity index is 2.85. The summed E-state index contributed by atoms with van der Waals surface area (Å²) >= 11 is 0. The van der Waals surface area contributed by atoms with Crippen molar-refractivity contribution in [2.75, 3.05) is 0 Å². The van der Waals surface area contributed by atoms with Crippen LogP contribution in [0.5, 0.6) is 0 Å². The molecule has 4 nitrogen and oxygen atoms in total. The van der Waals surface area contributed by atoms with Crippen LogP contribution in [0.2, 0.25) is 0 Å². The number of nitrogens with zero attached hydrogens (tertiary/aromatic N) is 1. The number of aromatic amines is 1. The van der Waals surface area contributed by atoms with E-state index >= 15 is 0 Å². The highest BCUT2D eigenvalue weighted by Crippen LogP contribution is 2.21. The zero-order valence-corrected chi connectivity index (χ0v) is 7.96. The van der Waals surface area contributed by atoms with Gasteiger partial charge < -0.3 is 10.1 Å². The standard InChI is InChI=1S/C10H10N2O2/c1-5-3-8-9(6(2)12-5)7(4-11-8)10(13)14/h3-4,11H,1-2H3,(H,13,14). The molecule has 2 N–H and O–H groups in total. The third-order valence-corrected chi connectivity index (χ3v) is 2.20. The number of aromatic carboxylic acids is 1. The number of carbonyl (C=O) groups is 1. The lowest BCUT2D eigenvalue weighted by Gasteiger charge is -1.99. The van der Waals surface area contributed by atoms with Crippen LogP contribution in [0.1, 0.15) is 21.7 Å². The monoisotopic (exact) mass is 190 g/mol. The molecule has 0 unspecified atom stereocenters. The van der Waals surface area contributed by atoms with Crippen LogP contribution in [0.25, 0.3) is 10.9 Å². The first-order valence-electron chi connectivity index (χ1n) is 4.28. The number of nitrogens with one attached hydrogen (secondary N) is 1. The van der Waals surface area contributed by atoms with E-state index in [0.717, 1.165) is 16.9 Å². The van der Waals surface area contributed by atoms with E-state index in [0.29, 0.717) is 5.39 Å². The summed E-state index contributed by atoms with van der Waals surface area (Å²) in [5.41, 5.74) is 2.74. The zero-order valence-electron chi connectivity index (χ0n) is 7.96. The molecular weight excluding hydrogens is 180 g/mol. The number of rotatable bonds is 1. The van der Waals surface area contributed by atoms with Crippen LogP contribution in [0.15, 0.2) is 12.3 Å². The zero-order chi connectivity index (χ0) is 10.3. The SMILES string of the molecule is Cc1cc2[nH]cc(C(=O)O)c2c(C)n1. The molecule has 0 aliphatic heterocycles. The maximum Gasteiger partial charge on any atom is 0.337 e. The Kier molecular flexibility index (Phi) is 1.77. The number of carboxylic acids is 1. The second-order valence-electron chi connectivity index (χ2n) is 3.28. The quantitative estimate of drug-likeness (QED) is 0.721. The van der Waals surface area contributed by atoms with E-state index in [-0.39, 0.29) is 5.56 Å². The molecule has 2 rings (SSSR count). The van der Waals surface area contributed by atoms with Crippen LogP contribution in [0.3, 0.4) is 0 Å². The van der Waals surface area contributed by atoms with Gasteiger partial charge in [0.2, 0.25) is 0 Å². The van der Waals surface area contributed by atoms with Crippen molar-refractivity contribution in [2.45, 2.75) is 13.8 Å². The van der Waals surface area contributed by atoms with Crippen molar-refractivity contribution in [1.29, 1.82) is 0 Å². The Morgan fingerprint density at radius 2 is 2.21 bits per heavy atom. The van der Waals surface area contributed by atoms with Crippen molar-refractivity contribution in [3.8, 4) is 0 Å². The summed E-state index contributed by atoms with van der Waals surface area (Å²) in [6, 6.07) is 1.84. The lowest BCUT2D eigenvalue weighted by Crippen LogP contribution is -1.96. The molecule has 0 amide bonds. The molecule has 0 aromatic carbocycles. The lowest BCUT2D eigenvalue weighted by molar-refractivity contribution is 0.0699. The molecule has 2 aromatic rings. The van der Waals surface area contributed by atoms with Crippen LogP contribution >= 0.6 is 0 Å². The van der Waals surface area contributed by atoms with Gasteiger partial charge >= 0.3 is 5.97 Å². The fourth-order valence-corrected chi connectivity index (χ4v) is 1.67. The van der Waals surface area contributed by atoms with Gasteiger partial charge in [0.05, 0.1) is 5.56 Å². The van der Waals surface area contributed by atoms with Crippen LogP contribution in [-0.4, -0.2) is 21.0 Å². The molecule has 2 aromatic heterocycles. The van der Waals surface area contributed by atoms with Gasteiger partial charge in [-0.25, -0.2) is 4.79 Å². The van der Waals surface area contributed by atoms with Crippen LogP contribution < -0.4 is 0 Å². The van der Waals surface area contributed by atoms with Gasteiger partial charge in [-0.1, -0.05) is 0 Å². The molecule has 0 aliphatic carbocycles. The Morgan fingerprint density at radius 3 is 2.86 bits per heavy atom. The van der Waals surface area contributed by atoms with Gasteiger partial charge in [0.15, 0.2) is 0 Å². The first kappa shape index (κ1) is 8.74. The molecule has 0 saturated heterocycles. The normalized spacial score (nSPS) is 10.7. The van der Waals surface area contributed by atoms with E-state index in [1.165, 1.54) is 6.20 Å². The molecular formula is C10H10N2O2. The molecule has 0 fully saturated rings. The minimum atomic E-state index is -0.926. The maximum atomic E-state index is 10.9. The molecule has 0 saturated carbocycles. The number of hydrogen-bond acceptors (Lipinski definition) is 2. The third-order valence-electron chi connectivity index (χ3n) is 2.20. The van der Waals surface area contributed by atoms with Crippen molar-refractivity contribution >= 4 is 16.9 Å². The average molecular weight is 190 g/mol. The topological polar surface area (TPSA) is 66.0 Å². The minimum Gasteiger partial charge on any atom is -0.478 e. The second kappa shape index (κ2) is 2.83. The largest absolute Gasteiger partial charge is 0.478 e. The van der Waals surface area contributed by atoms with Crippen LogP contribution in [0, 0.1) is 13.8 Å². The summed E-state index contributed by atoms with van der Waals surface area (Å²) in [7, 11) is 0. The van der Waals surface area contributed by atoms with Gasteiger partial charge in [-0.05, 0) is 19.9 Å². The van der Waals surface area contributed by atoms with E-state index < -0.39 is 5.97 Å². The number of hydrogen-bond donors (Lipinski definition) is 2. The summed E-state index contributed by atoms with van der Waals surface area (Å²) in [6.07, 6.45) is 1.50. The van der Waals surface area contributed by atoms with E-state index in [4.69, 9.17) is 5.11 Å². The maximum absolute atomic E-state index is 10.9. The molecule has 0 atom stereocenters. The number of fused-ring (bicyclic) bond motifs is 1. The molecule has 72 valence electrons. The van der Waals surface area contributed by atoms with E-state index in [9.17, 15) is 4.79 Å². The number of H-pyrrole nitrogens is 1. The summed E-state index contributed by atoms with van der Waals surface area (Å²) in [6.45, 7) is 3.70. The van der Waals surface area contributed by atoms with Crippen molar-refractivity contribution in [3.63, 3.8) is 0 Å². The molecule has 0 radical (unpaired) electrons. The lowest BCUT2D eigenvalue weighted by atomic mass is 10.1. The molecule has 14 heavy (non-hydrogen) atoms. The Hall–Kier alpha value is -1.84. The fourth-order valence-electron chi connectivity index (χ4n) is 1.67. The predicted molar refractivity (Wildman–Crippen MR) is 52.5 cm³/mol. The van der Waals surface area contributed by atoms with E-state index in [1.807, 2.05) is 19.9 Å². The van der Waals surface area contributed by atoms with Gasteiger partial charge in [-0.2, -0.15) is 0 Å². The summed E-state index contributed by atoms with van der Waals surface area (Å²) in [4.78, 5) is 18.0. The number of aromatic nitrogens is 2. The molecule has 0 aliphatic rings. The Labute approximate surface area is 80.6 Å². The van der Waals surface area contributed by atoms with Crippen LogP contribution in [0.4, 0.5) is 0 Å². The van der Waals surface area contributed by atoms with Crippen molar-refractivity contribution in [1.82, 2.24) is 9.97 Å². The van der Waals surface area contributed by atoms with Crippen molar-refractivity contribution in [3.05, 3.63) is 29.2 Å². The van der Waals surface area contributed by atoms with Gasteiger partial charge in [0.1, 0.15) is 0 Å². The predicted octanol–water partition coefficient (Wildman–Crippen LogP) is 1.88. The van der Waals surface area contributed by atoms with Gasteiger partial charge in [-0.15, -0.1) is 0 Å². The summed E-state index contributed by atoms with van der Waals surface area (Å²) < 4.78 is 0. The summed E-state index contributed by atoms with van der Waals surface area (Å²) in [5, 5.41) is 9.62. The second-order valence-corrected chi connectivity index (χ2v) is 3.28. The third kappa shape index (κ3) is 1.16. The van der Waals surface area contributed by atoms with E-state index in [1.54, 1.807) is 0 Å². The van der Waals surface area contributed by atoms with Gasteiger partial charge in [0, 0.05) is 28.5 Å². The number of pyridine rings is 1. The highest BCUT2D eigenvalue weighted by molar-refractivity contribution is 6.04. The first-order valence-corrected chi connectivity index (χ1v) is 4.28. The molecule has 2 heterocycles. The van der Waals surface area contributed by atoms with E-state index in [2.05, 4.69) is 9.97 Å². The van der Waals surface area contributed by atoms with Gasteiger partial charge in [-0.3, -0.25) is 4.98 Å². The van der Waals surface area contributed by atoms with Crippen molar-refractivity contribution in [2.24, 2.45) is 0 Å². The van der Waals surface area contributed by atoms with Crippen molar-refractivity contribution < 1.29 is 9.90 Å². The molecule has 4 heteroatoms. The Bertz CT molecular complexity index is 514. The number of aryl methyl sites for hydroxylation is 2. The Morgan fingerprint density at radius 1 is 1.50 bits per heavy atom. The highest BCUT2D eigenvalue weighted by atomic mass is 16.4. The first-order chi connectivity index (χ1) is 6.59. The van der Waals surface area contributed by atoms with Crippen LogP contribution in [-0.2, 0) is 0 Å². The highest BCUT2D eigenvalue weighted by Gasteiger charge is 2.13. The molecule has 0 spiro atoms. The average Bonchev–Trinajstić information content (AvgIpc) is 2.47. The smallest absolute Gasteiger partial charge is 0.337 e. The summed E-state index contributed by atoms with van der Waals surface area (Å²) in [5.74, 6) is -0.926. The minimum absolute atomic E-state index is 0.282. The van der Waals surface area contributed by atoms with Gasteiger partial charge in [0.25, 0.3) is 0 Å². The fraction of sp³-hybridized carbons (Fsp3) is 0.200. The number of carboxylic acid groups (broad SMARTS) is 1.